The number of halogens is 1. The van der Waals surface area contributed by atoms with Gasteiger partial charge in [-0.1, -0.05) is 0 Å². The van der Waals surface area contributed by atoms with Gasteiger partial charge in [0.05, 0.1) is 28.2 Å². The average Bonchev–Trinajstić information content (AvgIpc) is 2.99. The molecule has 1 aromatic carbocycles. The maximum atomic E-state index is 12.4. The number of nitro groups is 1. The third-order valence-electron chi connectivity index (χ3n) is 3.65. The molecule has 1 aromatic heterocycles. The van der Waals surface area contributed by atoms with Gasteiger partial charge in [0.1, 0.15) is 11.8 Å². The summed E-state index contributed by atoms with van der Waals surface area (Å²) in [6.07, 6.45) is 0.255. The van der Waals surface area contributed by atoms with E-state index in [0.717, 1.165) is 0 Å². The largest absolute Gasteiger partial charge is 0.394 e. The molecule has 134 valence electrons. The van der Waals surface area contributed by atoms with Crippen LogP contribution in [0, 0.1) is 10.1 Å². The highest BCUT2D eigenvalue weighted by molar-refractivity contribution is 9.10. The van der Waals surface area contributed by atoms with Crippen LogP contribution in [0.15, 0.2) is 34.9 Å². The molecule has 2 rings (SSSR count). The highest BCUT2D eigenvalue weighted by Crippen LogP contribution is 2.22. The lowest BCUT2D eigenvalue weighted by molar-refractivity contribution is -0.384. The molecule has 1 heterocycles. The van der Waals surface area contributed by atoms with Crippen LogP contribution < -0.4 is 5.32 Å². The van der Waals surface area contributed by atoms with Crippen molar-refractivity contribution in [3.05, 3.63) is 56.3 Å². The summed E-state index contributed by atoms with van der Waals surface area (Å²) in [5.74, 6) is -0.508. The molecule has 0 aliphatic carbocycles. The first kappa shape index (κ1) is 19.0. The summed E-state index contributed by atoms with van der Waals surface area (Å²) in [5, 5.41) is 37.2. The number of aromatic nitrogens is 2. The molecule has 0 spiro atoms. The zero-order valence-corrected chi connectivity index (χ0v) is 14.9. The van der Waals surface area contributed by atoms with Gasteiger partial charge in [-0.3, -0.25) is 19.6 Å². The fourth-order valence-corrected chi connectivity index (χ4v) is 2.79. The average molecular weight is 413 g/mol. The Hall–Kier alpha value is -2.30. The van der Waals surface area contributed by atoms with Gasteiger partial charge in [0.15, 0.2) is 0 Å². The molecular weight excluding hydrogens is 396 g/mol. The molecule has 25 heavy (non-hydrogen) atoms. The Morgan fingerprint density at radius 2 is 2.08 bits per heavy atom. The number of hydrogen-bond donors (Lipinski definition) is 3. The molecular formula is C15H17BrN4O5. The van der Waals surface area contributed by atoms with E-state index < -0.39 is 29.6 Å². The van der Waals surface area contributed by atoms with Gasteiger partial charge in [-0.05, 0) is 40.5 Å². The molecule has 2 aromatic rings. The standard InChI is InChI=1S/C15H17BrN4O5/c1-2-19-13(11(16)7-17-19)15(23)18-12(8-21)14(22)9-3-5-10(6-4-9)20(24)25/h3-7,12,14,21-22H,2,8H2,1H3,(H,18,23). The molecule has 0 aliphatic heterocycles. The molecule has 0 saturated heterocycles. The Labute approximate surface area is 151 Å². The number of carbonyl (C=O) groups excluding carboxylic acids is 1. The van der Waals surface area contributed by atoms with Gasteiger partial charge >= 0.3 is 0 Å². The number of aliphatic hydroxyl groups is 2. The molecule has 3 N–H and O–H groups in total. The van der Waals surface area contributed by atoms with Crippen molar-refractivity contribution >= 4 is 27.5 Å². The predicted octanol–water partition coefficient (Wildman–Crippen LogP) is 1.40. The molecule has 2 unspecified atom stereocenters. The molecule has 1 amide bonds. The normalized spacial score (nSPS) is 13.3. The summed E-state index contributed by atoms with van der Waals surface area (Å²) in [6, 6.07) is 4.27. The van der Waals surface area contributed by atoms with Gasteiger partial charge in [-0.15, -0.1) is 0 Å². The second kappa shape index (κ2) is 8.19. The van der Waals surface area contributed by atoms with Gasteiger partial charge in [0, 0.05) is 18.7 Å². The topological polar surface area (TPSA) is 131 Å². The molecule has 0 saturated carbocycles. The lowest BCUT2D eigenvalue weighted by Crippen LogP contribution is -2.42. The number of non-ortho nitro benzene ring substituents is 1. The molecule has 0 radical (unpaired) electrons. The van der Waals surface area contributed by atoms with Crippen LogP contribution in [0.25, 0.3) is 0 Å². The molecule has 9 nitrogen and oxygen atoms in total. The Balaban J connectivity index is 2.17. The zero-order chi connectivity index (χ0) is 18.6. The van der Waals surface area contributed by atoms with Crippen LogP contribution in [0.2, 0.25) is 0 Å². The van der Waals surface area contributed by atoms with E-state index in [1.165, 1.54) is 35.1 Å². The minimum atomic E-state index is -1.23. The fourth-order valence-electron chi connectivity index (χ4n) is 2.31. The molecule has 0 fully saturated rings. The third-order valence-corrected chi connectivity index (χ3v) is 4.23. The van der Waals surface area contributed by atoms with Crippen molar-refractivity contribution < 1.29 is 19.9 Å². The number of rotatable bonds is 7. The predicted molar refractivity (Wildman–Crippen MR) is 92.0 cm³/mol. The molecule has 2 atom stereocenters. The SMILES string of the molecule is CCn1ncc(Br)c1C(=O)NC(CO)C(O)c1ccc([N+](=O)[O-])cc1. The number of aliphatic hydroxyl groups excluding tert-OH is 2. The minimum Gasteiger partial charge on any atom is -0.394 e. The summed E-state index contributed by atoms with van der Waals surface area (Å²) in [7, 11) is 0. The number of nitrogens with zero attached hydrogens (tertiary/aromatic N) is 3. The second-order valence-electron chi connectivity index (χ2n) is 5.21. The number of hydrogen-bond acceptors (Lipinski definition) is 6. The molecule has 0 aliphatic rings. The quantitative estimate of drug-likeness (QED) is 0.465. The molecule has 0 bridgehead atoms. The summed E-state index contributed by atoms with van der Waals surface area (Å²) in [5.41, 5.74) is 0.501. The van der Waals surface area contributed by atoms with Gasteiger partial charge < -0.3 is 15.5 Å². The van der Waals surface area contributed by atoms with E-state index in [1.54, 1.807) is 0 Å². The van der Waals surface area contributed by atoms with Crippen LogP contribution in [-0.2, 0) is 6.54 Å². The van der Waals surface area contributed by atoms with E-state index in [0.29, 0.717) is 16.6 Å². The van der Waals surface area contributed by atoms with Crippen molar-refractivity contribution in [3.8, 4) is 0 Å². The number of nitro benzene ring substituents is 1. The van der Waals surface area contributed by atoms with Crippen LogP contribution in [0.4, 0.5) is 5.69 Å². The van der Waals surface area contributed by atoms with Crippen LogP contribution in [0.1, 0.15) is 29.1 Å². The highest BCUT2D eigenvalue weighted by Gasteiger charge is 2.25. The van der Waals surface area contributed by atoms with Crippen LogP contribution >= 0.6 is 15.9 Å². The Morgan fingerprint density at radius 1 is 1.44 bits per heavy atom. The number of nitrogens with one attached hydrogen (secondary N) is 1. The Kier molecular flexibility index (Phi) is 6.23. The van der Waals surface area contributed by atoms with Gasteiger partial charge in [0.2, 0.25) is 0 Å². The van der Waals surface area contributed by atoms with E-state index in [2.05, 4.69) is 26.3 Å². The summed E-state index contributed by atoms with van der Waals surface area (Å²) < 4.78 is 1.97. The third kappa shape index (κ3) is 4.21. The number of benzene rings is 1. The van der Waals surface area contributed by atoms with E-state index >= 15 is 0 Å². The monoisotopic (exact) mass is 412 g/mol. The minimum absolute atomic E-state index is 0.115. The lowest BCUT2D eigenvalue weighted by Gasteiger charge is -2.22. The van der Waals surface area contributed by atoms with Crippen molar-refractivity contribution in [3.63, 3.8) is 0 Å². The van der Waals surface area contributed by atoms with Crippen LogP contribution in [0.3, 0.4) is 0 Å². The Morgan fingerprint density at radius 3 is 2.60 bits per heavy atom. The van der Waals surface area contributed by atoms with Crippen molar-refractivity contribution in [1.82, 2.24) is 15.1 Å². The fraction of sp³-hybridized carbons (Fsp3) is 0.333. The van der Waals surface area contributed by atoms with Gasteiger partial charge in [-0.25, -0.2) is 0 Å². The molecule has 10 heteroatoms. The smallest absolute Gasteiger partial charge is 0.271 e. The first-order chi connectivity index (χ1) is 11.9. The lowest BCUT2D eigenvalue weighted by atomic mass is 10.0. The van der Waals surface area contributed by atoms with E-state index in [-0.39, 0.29) is 11.4 Å². The van der Waals surface area contributed by atoms with Crippen LogP contribution in [-0.4, -0.2) is 43.5 Å². The Bertz CT molecular complexity index is 762. The maximum Gasteiger partial charge on any atom is 0.271 e. The summed E-state index contributed by atoms with van der Waals surface area (Å²) in [6.45, 7) is 1.79. The number of carbonyl (C=O) groups is 1. The maximum absolute atomic E-state index is 12.4. The first-order valence-corrected chi connectivity index (χ1v) is 8.23. The van der Waals surface area contributed by atoms with Gasteiger partial charge in [-0.2, -0.15) is 5.10 Å². The zero-order valence-electron chi connectivity index (χ0n) is 13.3. The first-order valence-electron chi connectivity index (χ1n) is 7.44. The van der Waals surface area contributed by atoms with Crippen molar-refractivity contribution in [2.45, 2.75) is 25.6 Å². The van der Waals surface area contributed by atoms with Crippen LogP contribution in [0.5, 0.6) is 0 Å². The van der Waals surface area contributed by atoms with E-state index in [1.807, 2.05) is 6.92 Å². The number of amides is 1. The second-order valence-corrected chi connectivity index (χ2v) is 6.07. The summed E-state index contributed by atoms with van der Waals surface area (Å²) in [4.78, 5) is 22.6. The van der Waals surface area contributed by atoms with Crippen molar-refractivity contribution in [2.75, 3.05) is 6.61 Å². The highest BCUT2D eigenvalue weighted by atomic mass is 79.9. The van der Waals surface area contributed by atoms with Crippen molar-refractivity contribution in [1.29, 1.82) is 0 Å². The summed E-state index contributed by atoms with van der Waals surface area (Å²) >= 11 is 3.24. The van der Waals surface area contributed by atoms with Gasteiger partial charge in [0.25, 0.3) is 11.6 Å². The van der Waals surface area contributed by atoms with E-state index in [9.17, 15) is 25.1 Å². The van der Waals surface area contributed by atoms with Crippen molar-refractivity contribution in [2.24, 2.45) is 0 Å². The number of aryl methyl sites for hydroxylation is 1. The van der Waals surface area contributed by atoms with E-state index in [4.69, 9.17) is 0 Å².